The Bertz CT molecular complexity index is 601. The van der Waals surface area contributed by atoms with Crippen LogP contribution in [0.4, 0.5) is 5.82 Å². The quantitative estimate of drug-likeness (QED) is 0.818. The number of anilines is 1. The van der Waals surface area contributed by atoms with E-state index in [-0.39, 0.29) is 6.61 Å². The molecule has 0 spiro atoms. The van der Waals surface area contributed by atoms with Gasteiger partial charge in [-0.15, -0.1) is 5.10 Å². The summed E-state index contributed by atoms with van der Waals surface area (Å²) in [4.78, 5) is 2.34. The van der Waals surface area contributed by atoms with Crippen molar-refractivity contribution in [2.75, 3.05) is 31.6 Å². The van der Waals surface area contributed by atoms with Crippen LogP contribution in [-0.4, -0.2) is 46.4 Å². The van der Waals surface area contributed by atoms with Crippen LogP contribution in [0.5, 0.6) is 0 Å². The van der Waals surface area contributed by atoms with Crippen LogP contribution in [0.15, 0.2) is 42.5 Å². The van der Waals surface area contributed by atoms with Gasteiger partial charge in [0.2, 0.25) is 0 Å². The minimum Gasteiger partial charge on any atom is -0.395 e. The normalized spacial score (nSPS) is 18.5. The minimum atomic E-state index is 0.244. The fourth-order valence-corrected chi connectivity index (χ4v) is 3.31. The first-order valence-electron chi connectivity index (χ1n) is 8.77. The van der Waals surface area contributed by atoms with Crippen LogP contribution in [0, 0.1) is 5.92 Å². The zero-order valence-electron chi connectivity index (χ0n) is 14.1. The van der Waals surface area contributed by atoms with Gasteiger partial charge in [0.05, 0.1) is 12.3 Å². The molecule has 0 unspecified atom stereocenters. The summed E-state index contributed by atoms with van der Waals surface area (Å²) in [5.74, 6) is 1.43. The van der Waals surface area contributed by atoms with Gasteiger partial charge in [-0.25, -0.2) is 0 Å². The molecule has 3 rings (SSSR count). The highest BCUT2D eigenvalue weighted by Gasteiger charge is 2.20. The predicted molar refractivity (Wildman–Crippen MR) is 95.8 cm³/mol. The van der Waals surface area contributed by atoms with Gasteiger partial charge in [-0.05, 0) is 49.4 Å². The molecule has 1 aromatic carbocycles. The highest BCUT2D eigenvalue weighted by molar-refractivity contribution is 5.34. The van der Waals surface area contributed by atoms with Gasteiger partial charge in [-0.2, -0.15) is 5.10 Å². The van der Waals surface area contributed by atoms with E-state index in [0.29, 0.717) is 5.92 Å². The van der Waals surface area contributed by atoms with Gasteiger partial charge < -0.3 is 15.3 Å². The van der Waals surface area contributed by atoms with E-state index in [4.69, 9.17) is 5.11 Å². The maximum Gasteiger partial charge on any atom is 0.148 e. The third-order valence-corrected chi connectivity index (χ3v) is 4.55. The van der Waals surface area contributed by atoms with Crippen molar-refractivity contribution in [1.82, 2.24) is 15.1 Å². The fraction of sp³-hybridized carbons (Fsp3) is 0.474. The average molecular weight is 326 g/mol. The smallest absolute Gasteiger partial charge is 0.148 e. The molecular formula is C19H26N4O. The van der Waals surface area contributed by atoms with E-state index in [1.807, 2.05) is 24.3 Å². The Labute approximate surface area is 143 Å². The predicted octanol–water partition coefficient (Wildman–Crippen LogP) is 2.34. The summed E-state index contributed by atoms with van der Waals surface area (Å²) in [6.07, 6.45) is 3.40. The summed E-state index contributed by atoms with van der Waals surface area (Å²) in [5, 5.41) is 21.1. The molecule has 128 valence electrons. The number of nitrogens with one attached hydrogen (secondary N) is 1. The first-order valence-corrected chi connectivity index (χ1v) is 8.77. The molecule has 0 aliphatic carbocycles. The Morgan fingerprint density at radius 1 is 1.12 bits per heavy atom. The maximum atomic E-state index is 9.09. The first-order chi connectivity index (χ1) is 11.8. The number of piperidine rings is 1. The van der Waals surface area contributed by atoms with Gasteiger partial charge in [0.1, 0.15) is 5.82 Å². The lowest BCUT2D eigenvalue weighted by Gasteiger charge is -2.32. The van der Waals surface area contributed by atoms with Gasteiger partial charge >= 0.3 is 0 Å². The number of aliphatic hydroxyl groups excluding tert-OH is 1. The second-order valence-electron chi connectivity index (χ2n) is 6.49. The van der Waals surface area contributed by atoms with Crippen molar-refractivity contribution in [2.24, 2.45) is 5.92 Å². The average Bonchev–Trinajstić information content (AvgIpc) is 2.63. The number of β-amino-alcohol motifs (C(OH)–C–C–N with tert-alkyl or cyclic N) is 1. The van der Waals surface area contributed by atoms with E-state index in [0.717, 1.165) is 44.1 Å². The molecule has 0 saturated carbocycles. The van der Waals surface area contributed by atoms with Crippen molar-refractivity contribution in [1.29, 1.82) is 0 Å². The zero-order chi connectivity index (χ0) is 16.6. The van der Waals surface area contributed by atoms with Gasteiger partial charge in [-0.3, -0.25) is 0 Å². The van der Waals surface area contributed by atoms with E-state index in [1.165, 1.54) is 18.4 Å². The summed E-state index contributed by atoms with van der Waals surface area (Å²) in [7, 11) is 0. The van der Waals surface area contributed by atoms with Crippen molar-refractivity contribution in [2.45, 2.75) is 25.8 Å². The van der Waals surface area contributed by atoms with Crippen LogP contribution in [0.1, 0.15) is 24.1 Å². The van der Waals surface area contributed by atoms with Crippen molar-refractivity contribution >= 4 is 5.82 Å². The molecule has 1 aliphatic rings. The Balaban J connectivity index is 1.49. The summed E-state index contributed by atoms with van der Waals surface area (Å²) >= 11 is 0. The number of hydrogen-bond donors (Lipinski definition) is 2. The van der Waals surface area contributed by atoms with Crippen LogP contribution in [0.2, 0.25) is 0 Å². The third kappa shape index (κ3) is 5.01. The maximum absolute atomic E-state index is 9.09. The molecule has 5 nitrogen and oxygen atoms in total. The highest BCUT2D eigenvalue weighted by atomic mass is 16.3. The molecule has 0 radical (unpaired) electrons. The van der Waals surface area contributed by atoms with E-state index in [1.54, 1.807) is 0 Å². The number of likely N-dealkylation sites (tertiary alicyclic amines) is 1. The number of aliphatic hydroxyl groups is 1. The Morgan fingerprint density at radius 3 is 2.75 bits per heavy atom. The molecule has 1 aliphatic heterocycles. The van der Waals surface area contributed by atoms with Crippen LogP contribution >= 0.6 is 0 Å². The molecule has 1 atom stereocenters. The Kier molecular flexibility index (Phi) is 6.15. The molecule has 0 bridgehead atoms. The van der Waals surface area contributed by atoms with Gasteiger partial charge in [0, 0.05) is 19.6 Å². The lowest BCUT2D eigenvalue weighted by Crippen LogP contribution is -2.38. The summed E-state index contributed by atoms with van der Waals surface area (Å²) in [6.45, 7) is 3.94. The molecule has 1 saturated heterocycles. The monoisotopic (exact) mass is 326 g/mol. The molecule has 0 amide bonds. The fourth-order valence-electron chi connectivity index (χ4n) is 3.31. The van der Waals surface area contributed by atoms with Crippen LogP contribution in [-0.2, 0) is 13.0 Å². The molecule has 2 aromatic rings. The Morgan fingerprint density at radius 2 is 2.00 bits per heavy atom. The number of benzene rings is 1. The van der Waals surface area contributed by atoms with Crippen LogP contribution < -0.4 is 5.32 Å². The minimum absolute atomic E-state index is 0.244. The molecule has 24 heavy (non-hydrogen) atoms. The van der Waals surface area contributed by atoms with Crippen LogP contribution in [0.25, 0.3) is 0 Å². The summed E-state index contributed by atoms with van der Waals surface area (Å²) in [6, 6.07) is 14.4. The van der Waals surface area contributed by atoms with Crippen molar-refractivity contribution in [3.05, 3.63) is 53.7 Å². The van der Waals surface area contributed by atoms with E-state index in [9.17, 15) is 0 Å². The zero-order valence-corrected chi connectivity index (χ0v) is 14.1. The van der Waals surface area contributed by atoms with Gasteiger partial charge in [0.15, 0.2) is 0 Å². The summed E-state index contributed by atoms with van der Waals surface area (Å²) < 4.78 is 0. The standard InChI is InChI=1S/C19H26N4O/c24-12-11-23-10-4-7-17(15-23)13-18-8-9-19(22-21-18)20-14-16-5-2-1-3-6-16/h1-3,5-6,8-9,17,24H,4,7,10-15H2,(H,20,22)/t17-/m1/s1. The van der Waals surface area contributed by atoms with Crippen molar-refractivity contribution < 1.29 is 5.11 Å². The number of hydrogen-bond acceptors (Lipinski definition) is 5. The molecule has 2 N–H and O–H groups in total. The molecule has 5 heteroatoms. The molecule has 1 fully saturated rings. The topological polar surface area (TPSA) is 61.3 Å². The molecule has 2 heterocycles. The van der Waals surface area contributed by atoms with E-state index in [2.05, 4.69) is 38.6 Å². The highest BCUT2D eigenvalue weighted by Crippen LogP contribution is 2.20. The number of rotatable bonds is 7. The van der Waals surface area contributed by atoms with E-state index >= 15 is 0 Å². The largest absolute Gasteiger partial charge is 0.395 e. The summed E-state index contributed by atoms with van der Waals surface area (Å²) in [5.41, 5.74) is 2.28. The lowest BCUT2D eigenvalue weighted by molar-refractivity contribution is 0.139. The van der Waals surface area contributed by atoms with E-state index < -0.39 is 0 Å². The lowest BCUT2D eigenvalue weighted by atomic mass is 9.93. The van der Waals surface area contributed by atoms with Crippen molar-refractivity contribution in [3.8, 4) is 0 Å². The third-order valence-electron chi connectivity index (χ3n) is 4.55. The Hall–Kier alpha value is -1.98. The number of nitrogens with zero attached hydrogens (tertiary/aromatic N) is 3. The SMILES string of the molecule is OCCN1CCC[C@H](Cc2ccc(NCc3ccccc3)nn2)C1. The van der Waals surface area contributed by atoms with Crippen LogP contribution in [0.3, 0.4) is 0 Å². The van der Waals surface area contributed by atoms with Crippen molar-refractivity contribution in [3.63, 3.8) is 0 Å². The molecular weight excluding hydrogens is 300 g/mol. The van der Waals surface area contributed by atoms with Gasteiger partial charge in [0.25, 0.3) is 0 Å². The second-order valence-corrected chi connectivity index (χ2v) is 6.49. The second kappa shape index (κ2) is 8.76. The van der Waals surface area contributed by atoms with Gasteiger partial charge in [-0.1, -0.05) is 30.3 Å². The number of aromatic nitrogens is 2. The molecule has 1 aromatic heterocycles. The first kappa shape index (κ1) is 16.9.